The first kappa shape index (κ1) is 18.1. The van der Waals surface area contributed by atoms with Gasteiger partial charge in [0.25, 0.3) is 5.91 Å². The molecule has 0 radical (unpaired) electrons. The van der Waals surface area contributed by atoms with Crippen LogP contribution in [0.3, 0.4) is 0 Å². The Bertz CT molecular complexity index is 960. The van der Waals surface area contributed by atoms with Crippen LogP contribution in [0.15, 0.2) is 84.9 Å². The number of amides is 1. The zero-order chi connectivity index (χ0) is 19.1. The monoisotopic (exact) mass is 357 g/mol. The fourth-order valence-electron chi connectivity index (χ4n) is 2.57. The minimum absolute atomic E-state index is 0.185. The normalized spacial score (nSPS) is 10.6. The van der Waals surface area contributed by atoms with Crippen molar-refractivity contribution in [3.05, 3.63) is 102 Å². The van der Waals surface area contributed by atoms with E-state index in [4.69, 9.17) is 4.74 Å². The molecule has 0 aliphatic carbocycles. The standard InChI is InChI=1S/C23H19NO3/c1-27-19-14-11-17(12-15-19)13-16-22(25)20-9-5-6-10-21(20)24-23(26)18-7-3-2-4-8-18/h2-16H,1H3,(H,24,26)/b16-13+. The predicted molar refractivity (Wildman–Crippen MR) is 107 cm³/mol. The lowest BCUT2D eigenvalue weighted by molar-refractivity contribution is 0.102. The number of hydrogen-bond donors (Lipinski definition) is 1. The number of nitrogens with one attached hydrogen (secondary N) is 1. The number of allylic oxidation sites excluding steroid dienone is 1. The van der Waals surface area contributed by atoms with Crippen molar-refractivity contribution in [1.82, 2.24) is 0 Å². The lowest BCUT2D eigenvalue weighted by atomic mass is 10.1. The average molecular weight is 357 g/mol. The number of rotatable bonds is 6. The molecule has 0 atom stereocenters. The SMILES string of the molecule is COc1ccc(/C=C/C(=O)c2ccccc2NC(=O)c2ccccc2)cc1. The molecule has 4 heteroatoms. The van der Waals surface area contributed by atoms with Crippen LogP contribution in [0.5, 0.6) is 5.75 Å². The number of hydrogen-bond acceptors (Lipinski definition) is 3. The summed E-state index contributed by atoms with van der Waals surface area (Å²) in [5.41, 5.74) is 2.34. The highest BCUT2D eigenvalue weighted by Gasteiger charge is 2.12. The van der Waals surface area contributed by atoms with Crippen molar-refractivity contribution in [2.45, 2.75) is 0 Å². The smallest absolute Gasteiger partial charge is 0.255 e. The number of carbonyl (C=O) groups excluding carboxylic acids is 2. The molecule has 0 saturated heterocycles. The molecule has 0 fully saturated rings. The van der Waals surface area contributed by atoms with Gasteiger partial charge in [0.2, 0.25) is 0 Å². The summed E-state index contributed by atoms with van der Waals surface area (Å²) in [5, 5.41) is 2.81. The second kappa shape index (κ2) is 8.63. The van der Waals surface area contributed by atoms with Crippen LogP contribution in [0.4, 0.5) is 5.69 Å². The third-order valence-corrected chi connectivity index (χ3v) is 4.02. The van der Waals surface area contributed by atoms with Crippen LogP contribution in [-0.4, -0.2) is 18.8 Å². The summed E-state index contributed by atoms with van der Waals surface area (Å²) >= 11 is 0. The van der Waals surface area contributed by atoms with E-state index in [2.05, 4.69) is 5.32 Å². The van der Waals surface area contributed by atoms with Crippen molar-refractivity contribution in [1.29, 1.82) is 0 Å². The largest absolute Gasteiger partial charge is 0.497 e. The molecule has 4 nitrogen and oxygen atoms in total. The fourth-order valence-corrected chi connectivity index (χ4v) is 2.57. The molecule has 27 heavy (non-hydrogen) atoms. The zero-order valence-electron chi connectivity index (χ0n) is 14.9. The summed E-state index contributed by atoms with van der Waals surface area (Å²) in [6.07, 6.45) is 3.23. The van der Waals surface area contributed by atoms with Crippen LogP contribution < -0.4 is 10.1 Å². The lowest BCUT2D eigenvalue weighted by Gasteiger charge is -2.09. The number of carbonyl (C=O) groups is 2. The van der Waals surface area contributed by atoms with Gasteiger partial charge in [0.1, 0.15) is 5.75 Å². The number of benzene rings is 3. The summed E-state index contributed by atoms with van der Waals surface area (Å²) in [7, 11) is 1.61. The maximum Gasteiger partial charge on any atom is 0.255 e. The summed E-state index contributed by atoms with van der Waals surface area (Å²) in [6.45, 7) is 0. The molecule has 0 aliphatic rings. The molecule has 1 N–H and O–H groups in total. The molecule has 3 rings (SSSR count). The topological polar surface area (TPSA) is 55.4 Å². The molecule has 0 bridgehead atoms. The Hall–Kier alpha value is -3.66. The summed E-state index contributed by atoms with van der Waals surface area (Å²) in [6, 6.07) is 23.2. The predicted octanol–water partition coefficient (Wildman–Crippen LogP) is 4.84. The molecule has 1 amide bonds. The highest BCUT2D eigenvalue weighted by molar-refractivity contribution is 6.13. The molecule has 3 aromatic carbocycles. The molecule has 0 aromatic heterocycles. The van der Waals surface area contributed by atoms with Gasteiger partial charge in [0.05, 0.1) is 12.8 Å². The first-order chi connectivity index (χ1) is 13.2. The van der Waals surface area contributed by atoms with E-state index >= 15 is 0 Å². The van der Waals surface area contributed by atoms with Crippen LogP contribution in [0.25, 0.3) is 6.08 Å². The van der Waals surface area contributed by atoms with Gasteiger partial charge in [-0.1, -0.05) is 48.5 Å². The van der Waals surface area contributed by atoms with Gasteiger partial charge in [-0.25, -0.2) is 0 Å². The fraction of sp³-hybridized carbons (Fsp3) is 0.0435. The van der Waals surface area contributed by atoms with Crippen molar-refractivity contribution in [3.63, 3.8) is 0 Å². The Morgan fingerprint density at radius 1 is 0.852 bits per heavy atom. The van der Waals surface area contributed by atoms with Gasteiger partial charge in [0.15, 0.2) is 5.78 Å². The van der Waals surface area contributed by atoms with Gasteiger partial charge < -0.3 is 10.1 Å². The second-order valence-electron chi connectivity index (χ2n) is 5.84. The van der Waals surface area contributed by atoms with Crippen LogP contribution in [0.2, 0.25) is 0 Å². The maximum atomic E-state index is 12.6. The molecular weight excluding hydrogens is 338 g/mol. The summed E-state index contributed by atoms with van der Waals surface area (Å²) < 4.78 is 5.12. The van der Waals surface area contributed by atoms with E-state index in [-0.39, 0.29) is 11.7 Å². The van der Waals surface area contributed by atoms with Crippen molar-refractivity contribution < 1.29 is 14.3 Å². The van der Waals surface area contributed by atoms with E-state index in [9.17, 15) is 9.59 Å². The van der Waals surface area contributed by atoms with Crippen LogP contribution in [-0.2, 0) is 0 Å². The van der Waals surface area contributed by atoms with Gasteiger partial charge >= 0.3 is 0 Å². The molecule has 0 aliphatic heterocycles. The highest BCUT2D eigenvalue weighted by Crippen LogP contribution is 2.18. The highest BCUT2D eigenvalue weighted by atomic mass is 16.5. The van der Waals surface area contributed by atoms with E-state index in [1.165, 1.54) is 6.08 Å². The Balaban J connectivity index is 1.77. The van der Waals surface area contributed by atoms with Crippen LogP contribution in [0.1, 0.15) is 26.3 Å². The van der Waals surface area contributed by atoms with Crippen molar-refractivity contribution in [2.75, 3.05) is 12.4 Å². The molecule has 0 spiro atoms. The summed E-state index contributed by atoms with van der Waals surface area (Å²) in [4.78, 5) is 25.0. The minimum atomic E-state index is -0.255. The first-order valence-corrected chi connectivity index (χ1v) is 8.49. The van der Waals surface area contributed by atoms with E-state index in [1.807, 2.05) is 30.3 Å². The lowest BCUT2D eigenvalue weighted by Crippen LogP contribution is -2.14. The third kappa shape index (κ3) is 4.70. The van der Waals surface area contributed by atoms with Gasteiger partial charge in [-0.2, -0.15) is 0 Å². The minimum Gasteiger partial charge on any atom is -0.497 e. The van der Waals surface area contributed by atoms with E-state index in [0.29, 0.717) is 16.8 Å². The molecule has 3 aromatic rings. The number of para-hydroxylation sites is 1. The van der Waals surface area contributed by atoms with E-state index in [0.717, 1.165) is 11.3 Å². The van der Waals surface area contributed by atoms with Gasteiger partial charge in [-0.3, -0.25) is 9.59 Å². The van der Waals surface area contributed by atoms with E-state index < -0.39 is 0 Å². The average Bonchev–Trinajstić information content (AvgIpc) is 2.73. The van der Waals surface area contributed by atoms with Crippen molar-refractivity contribution in [2.24, 2.45) is 0 Å². The Morgan fingerprint density at radius 3 is 2.22 bits per heavy atom. The molecule has 0 saturated carbocycles. The third-order valence-electron chi connectivity index (χ3n) is 4.02. The zero-order valence-corrected chi connectivity index (χ0v) is 14.9. The molecular formula is C23H19NO3. The molecule has 134 valence electrons. The van der Waals surface area contributed by atoms with Gasteiger partial charge in [-0.15, -0.1) is 0 Å². The Kier molecular flexibility index (Phi) is 5.80. The van der Waals surface area contributed by atoms with Crippen LogP contribution in [0, 0.1) is 0 Å². The van der Waals surface area contributed by atoms with E-state index in [1.54, 1.807) is 61.7 Å². The van der Waals surface area contributed by atoms with Gasteiger partial charge in [-0.05, 0) is 48.0 Å². The van der Waals surface area contributed by atoms with Gasteiger partial charge in [0, 0.05) is 11.1 Å². The maximum absolute atomic E-state index is 12.6. The Labute approximate surface area is 158 Å². The number of ether oxygens (including phenoxy) is 1. The molecule has 0 unspecified atom stereocenters. The van der Waals surface area contributed by atoms with Crippen LogP contribution >= 0.6 is 0 Å². The number of methoxy groups -OCH3 is 1. The van der Waals surface area contributed by atoms with Crippen molar-refractivity contribution in [3.8, 4) is 5.75 Å². The number of ketones is 1. The summed E-state index contributed by atoms with van der Waals surface area (Å²) in [5.74, 6) is 0.317. The number of anilines is 1. The second-order valence-corrected chi connectivity index (χ2v) is 5.84. The first-order valence-electron chi connectivity index (χ1n) is 8.49. The quantitative estimate of drug-likeness (QED) is 0.507. The van der Waals surface area contributed by atoms with Crippen molar-refractivity contribution >= 4 is 23.5 Å². The molecule has 0 heterocycles. The Morgan fingerprint density at radius 2 is 1.52 bits per heavy atom.